The third-order valence-corrected chi connectivity index (χ3v) is 2.96. The maximum Gasteiger partial charge on any atom is 0.306 e. The van der Waals surface area contributed by atoms with Crippen LogP contribution in [0.25, 0.3) is 0 Å². The highest BCUT2D eigenvalue weighted by Crippen LogP contribution is 2.09. The van der Waals surface area contributed by atoms with Crippen LogP contribution in [-0.2, 0) is 19.1 Å². The number of carbonyl (C=O) groups excluding carboxylic acids is 2. The minimum atomic E-state index is -0.340. The minimum Gasteiger partial charge on any atom is -0.462 e. The summed E-state index contributed by atoms with van der Waals surface area (Å²) in [5.74, 6) is -0.317. The van der Waals surface area contributed by atoms with Crippen LogP contribution >= 0.6 is 0 Å². The van der Waals surface area contributed by atoms with E-state index in [-0.39, 0.29) is 42.9 Å². The lowest BCUT2D eigenvalue weighted by Crippen LogP contribution is -2.20. The van der Waals surface area contributed by atoms with Crippen molar-refractivity contribution in [2.45, 2.75) is 58.7 Å². The second kappa shape index (κ2) is 10.2. The predicted molar refractivity (Wildman–Crippen MR) is 79.1 cm³/mol. The van der Waals surface area contributed by atoms with E-state index in [1.165, 1.54) is 0 Å². The molecule has 2 unspecified atom stereocenters. The van der Waals surface area contributed by atoms with Gasteiger partial charge < -0.3 is 9.47 Å². The molecular weight excluding hydrogens is 256 g/mol. The van der Waals surface area contributed by atoms with Crippen LogP contribution in [0.5, 0.6) is 0 Å². The van der Waals surface area contributed by atoms with Crippen molar-refractivity contribution in [1.29, 1.82) is 0 Å². The van der Waals surface area contributed by atoms with E-state index in [9.17, 15) is 9.59 Å². The Hall–Kier alpha value is -1.58. The summed E-state index contributed by atoms with van der Waals surface area (Å²) in [5, 5.41) is 0. The van der Waals surface area contributed by atoms with E-state index in [2.05, 4.69) is 13.2 Å². The molecule has 0 aromatic carbocycles. The summed E-state index contributed by atoms with van der Waals surface area (Å²) in [6, 6.07) is 0. The van der Waals surface area contributed by atoms with Crippen LogP contribution in [0.4, 0.5) is 0 Å². The molecule has 0 aliphatic heterocycles. The van der Waals surface area contributed by atoms with Crippen LogP contribution in [0.15, 0.2) is 25.3 Å². The third kappa shape index (κ3) is 8.51. The molecule has 0 fully saturated rings. The van der Waals surface area contributed by atoms with Crippen molar-refractivity contribution < 1.29 is 19.1 Å². The average molecular weight is 282 g/mol. The highest BCUT2D eigenvalue weighted by molar-refractivity contribution is 5.72. The van der Waals surface area contributed by atoms with Crippen LogP contribution in [0, 0.1) is 5.92 Å². The quantitative estimate of drug-likeness (QED) is 0.455. The van der Waals surface area contributed by atoms with Gasteiger partial charge in [-0.2, -0.15) is 0 Å². The molecule has 0 heterocycles. The van der Waals surface area contributed by atoms with Gasteiger partial charge in [0, 0.05) is 19.3 Å². The summed E-state index contributed by atoms with van der Waals surface area (Å²) >= 11 is 0. The highest BCUT2D eigenvalue weighted by Gasteiger charge is 2.14. The molecule has 0 aliphatic carbocycles. The van der Waals surface area contributed by atoms with E-state index in [0.717, 1.165) is 0 Å². The van der Waals surface area contributed by atoms with Crippen molar-refractivity contribution >= 4 is 11.9 Å². The van der Waals surface area contributed by atoms with Gasteiger partial charge in [0.05, 0.1) is 0 Å². The number of carbonyl (C=O) groups is 2. The van der Waals surface area contributed by atoms with Gasteiger partial charge in [0.1, 0.15) is 12.2 Å². The fourth-order valence-corrected chi connectivity index (χ4v) is 1.36. The van der Waals surface area contributed by atoms with Crippen LogP contribution in [0.1, 0.15) is 46.5 Å². The molecule has 2 atom stereocenters. The lowest BCUT2D eigenvalue weighted by atomic mass is 10.1. The molecular formula is C16H26O4. The van der Waals surface area contributed by atoms with E-state index in [0.29, 0.717) is 12.8 Å². The molecule has 0 radical (unpaired) electrons. The number of hydrogen-bond acceptors (Lipinski definition) is 4. The maximum atomic E-state index is 11.5. The van der Waals surface area contributed by atoms with Gasteiger partial charge in [-0.25, -0.2) is 0 Å². The lowest BCUT2D eigenvalue weighted by Gasteiger charge is -2.16. The summed E-state index contributed by atoms with van der Waals surface area (Å²) in [6.45, 7) is 13.0. The Morgan fingerprint density at radius 1 is 1.05 bits per heavy atom. The maximum absolute atomic E-state index is 11.5. The van der Waals surface area contributed by atoms with Crippen LogP contribution < -0.4 is 0 Å². The molecule has 0 aliphatic rings. The van der Waals surface area contributed by atoms with Crippen molar-refractivity contribution in [2.24, 2.45) is 5.92 Å². The van der Waals surface area contributed by atoms with Gasteiger partial charge in [-0.1, -0.05) is 32.6 Å². The Morgan fingerprint density at radius 3 is 2.05 bits per heavy atom. The van der Waals surface area contributed by atoms with Crippen LogP contribution in [0.3, 0.4) is 0 Å². The zero-order valence-corrected chi connectivity index (χ0v) is 12.8. The molecule has 114 valence electrons. The SMILES string of the molecule is C=CCC(C=C)OC(=O)CCCC(=O)OC(C)C(C)C. The van der Waals surface area contributed by atoms with Crippen LogP contribution in [-0.4, -0.2) is 24.1 Å². The van der Waals surface area contributed by atoms with E-state index < -0.39 is 0 Å². The van der Waals surface area contributed by atoms with Gasteiger partial charge in [-0.15, -0.1) is 6.58 Å². The summed E-state index contributed by atoms with van der Waals surface area (Å²) < 4.78 is 10.4. The van der Waals surface area contributed by atoms with E-state index >= 15 is 0 Å². The van der Waals surface area contributed by atoms with Gasteiger partial charge >= 0.3 is 11.9 Å². The van der Waals surface area contributed by atoms with Crippen molar-refractivity contribution in [3.8, 4) is 0 Å². The molecule has 0 amide bonds. The summed E-state index contributed by atoms with van der Waals surface area (Å²) in [6.07, 6.45) is 4.20. The first-order valence-electron chi connectivity index (χ1n) is 7.03. The van der Waals surface area contributed by atoms with Gasteiger partial charge in [-0.3, -0.25) is 9.59 Å². The minimum absolute atomic E-state index is 0.104. The number of rotatable bonds is 10. The largest absolute Gasteiger partial charge is 0.462 e. The number of esters is 2. The number of hydrogen-bond donors (Lipinski definition) is 0. The Labute approximate surface area is 121 Å². The molecule has 0 aromatic rings. The van der Waals surface area contributed by atoms with Crippen molar-refractivity contribution in [3.63, 3.8) is 0 Å². The molecule has 0 N–H and O–H groups in total. The van der Waals surface area contributed by atoms with E-state index in [1.54, 1.807) is 12.2 Å². The molecule has 20 heavy (non-hydrogen) atoms. The molecule has 0 bridgehead atoms. The Bertz CT molecular complexity index is 333. The highest BCUT2D eigenvalue weighted by atomic mass is 16.5. The summed E-state index contributed by atoms with van der Waals surface area (Å²) in [5.41, 5.74) is 0. The van der Waals surface area contributed by atoms with Crippen LogP contribution in [0.2, 0.25) is 0 Å². The molecule has 0 saturated heterocycles. The number of ether oxygens (including phenoxy) is 2. The van der Waals surface area contributed by atoms with Gasteiger partial charge in [0.15, 0.2) is 0 Å². The first-order valence-corrected chi connectivity index (χ1v) is 7.03. The monoisotopic (exact) mass is 282 g/mol. The Morgan fingerprint density at radius 2 is 1.60 bits per heavy atom. The zero-order valence-electron chi connectivity index (χ0n) is 12.8. The van der Waals surface area contributed by atoms with Gasteiger partial charge in [0.25, 0.3) is 0 Å². The normalized spacial score (nSPS) is 13.4. The third-order valence-electron chi connectivity index (χ3n) is 2.96. The van der Waals surface area contributed by atoms with Crippen molar-refractivity contribution in [2.75, 3.05) is 0 Å². The first kappa shape index (κ1) is 18.4. The Balaban J connectivity index is 3.88. The predicted octanol–water partition coefficient (Wildman–Crippen LogP) is 3.42. The van der Waals surface area contributed by atoms with Crippen molar-refractivity contribution in [3.05, 3.63) is 25.3 Å². The van der Waals surface area contributed by atoms with E-state index in [1.807, 2.05) is 20.8 Å². The molecule has 0 spiro atoms. The van der Waals surface area contributed by atoms with Crippen molar-refractivity contribution in [1.82, 2.24) is 0 Å². The summed E-state index contributed by atoms with van der Waals surface area (Å²) in [4.78, 5) is 23.1. The lowest BCUT2D eigenvalue weighted by molar-refractivity contribution is -0.151. The second-order valence-corrected chi connectivity index (χ2v) is 5.08. The van der Waals surface area contributed by atoms with Gasteiger partial charge in [-0.05, 0) is 19.3 Å². The fraction of sp³-hybridized carbons (Fsp3) is 0.625. The molecule has 0 rings (SSSR count). The smallest absolute Gasteiger partial charge is 0.306 e. The molecule has 0 aromatic heterocycles. The molecule has 0 saturated carbocycles. The van der Waals surface area contributed by atoms with Gasteiger partial charge in [0.2, 0.25) is 0 Å². The second-order valence-electron chi connectivity index (χ2n) is 5.08. The Kier molecular flexibility index (Phi) is 9.43. The fourth-order valence-electron chi connectivity index (χ4n) is 1.36. The average Bonchev–Trinajstić information content (AvgIpc) is 2.37. The topological polar surface area (TPSA) is 52.6 Å². The molecule has 4 heteroatoms. The summed E-state index contributed by atoms with van der Waals surface area (Å²) in [7, 11) is 0. The zero-order chi connectivity index (χ0) is 15.5. The van der Waals surface area contributed by atoms with E-state index in [4.69, 9.17) is 9.47 Å². The first-order chi connectivity index (χ1) is 9.40. The standard InChI is InChI=1S/C16H26O4/c1-6-9-14(7-2)20-16(18)11-8-10-15(17)19-13(5)12(3)4/h6-7,12-14H,1-2,8-11H2,3-5H3. The molecule has 4 nitrogen and oxygen atoms in total.